The van der Waals surface area contributed by atoms with Gasteiger partial charge in [-0.05, 0) is 33.4 Å². The minimum absolute atomic E-state index is 0.0905. The number of allylic oxidation sites excluding steroid dienone is 1. The molecule has 22 heavy (non-hydrogen) atoms. The first kappa shape index (κ1) is 14.6. The van der Waals surface area contributed by atoms with Crippen LogP contribution in [0.25, 0.3) is 17.7 Å². The third-order valence-corrected chi connectivity index (χ3v) is 3.89. The van der Waals surface area contributed by atoms with Gasteiger partial charge in [0.05, 0.1) is 0 Å². The van der Waals surface area contributed by atoms with E-state index in [1.54, 1.807) is 0 Å². The lowest BCUT2D eigenvalue weighted by molar-refractivity contribution is -0.304. The summed E-state index contributed by atoms with van der Waals surface area (Å²) in [5.41, 5.74) is 6.04. The molecule has 0 N–H and O–H groups in total. The SMILES string of the molecule is O=C([O-])Cc1ccc2c(c1)/C(=C/CCl)c1ccccc1C=C2. The van der Waals surface area contributed by atoms with Crippen LogP contribution in [0.4, 0.5) is 0 Å². The molecule has 2 aromatic rings. The highest BCUT2D eigenvalue weighted by atomic mass is 35.5. The van der Waals surface area contributed by atoms with E-state index in [9.17, 15) is 9.90 Å². The Labute approximate surface area is 134 Å². The first-order valence-electron chi connectivity index (χ1n) is 7.06. The van der Waals surface area contributed by atoms with Crippen molar-refractivity contribution in [3.8, 4) is 0 Å². The van der Waals surface area contributed by atoms with Crippen molar-refractivity contribution in [2.24, 2.45) is 0 Å². The fourth-order valence-corrected chi connectivity index (χ4v) is 2.92. The van der Waals surface area contributed by atoms with Crippen molar-refractivity contribution in [2.45, 2.75) is 6.42 Å². The van der Waals surface area contributed by atoms with Gasteiger partial charge in [0.25, 0.3) is 0 Å². The Morgan fingerprint density at radius 3 is 2.50 bits per heavy atom. The van der Waals surface area contributed by atoms with Crippen molar-refractivity contribution < 1.29 is 9.90 Å². The van der Waals surface area contributed by atoms with Crippen molar-refractivity contribution in [1.82, 2.24) is 0 Å². The average Bonchev–Trinajstić information content (AvgIpc) is 2.65. The van der Waals surface area contributed by atoms with Gasteiger partial charge in [-0.1, -0.05) is 60.7 Å². The fourth-order valence-electron chi connectivity index (χ4n) is 2.77. The molecule has 0 aromatic heterocycles. The van der Waals surface area contributed by atoms with Crippen molar-refractivity contribution in [3.05, 3.63) is 76.4 Å². The highest BCUT2D eigenvalue weighted by Gasteiger charge is 2.15. The number of fused-ring (bicyclic) bond motifs is 2. The molecule has 0 aliphatic heterocycles. The summed E-state index contributed by atoms with van der Waals surface area (Å²) >= 11 is 5.94. The average molecular weight is 310 g/mol. The van der Waals surface area contributed by atoms with E-state index < -0.39 is 5.97 Å². The van der Waals surface area contributed by atoms with E-state index in [1.165, 1.54) is 0 Å². The van der Waals surface area contributed by atoms with E-state index in [1.807, 2.05) is 42.5 Å². The molecular formula is C19H14ClO2-. The summed E-state index contributed by atoms with van der Waals surface area (Å²) in [6.07, 6.45) is 6.00. The molecule has 2 nitrogen and oxygen atoms in total. The predicted octanol–water partition coefficient (Wildman–Crippen LogP) is 3.13. The molecule has 0 saturated heterocycles. The van der Waals surface area contributed by atoms with Crippen LogP contribution < -0.4 is 5.11 Å². The van der Waals surface area contributed by atoms with Crippen LogP contribution in [0.2, 0.25) is 0 Å². The van der Waals surface area contributed by atoms with Gasteiger partial charge < -0.3 is 9.90 Å². The van der Waals surface area contributed by atoms with Crippen LogP contribution in [0.1, 0.15) is 27.8 Å². The summed E-state index contributed by atoms with van der Waals surface area (Å²) in [6.45, 7) is 0. The van der Waals surface area contributed by atoms with E-state index in [0.717, 1.165) is 33.4 Å². The highest BCUT2D eigenvalue weighted by molar-refractivity contribution is 6.19. The van der Waals surface area contributed by atoms with Crippen LogP contribution in [0.5, 0.6) is 0 Å². The number of alkyl halides is 1. The van der Waals surface area contributed by atoms with E-state index >= 15 is 0 Å². The lowest BCUT2D eigenvalue weighted by atomic mass is 9.92. The van der Waals surface area contributed by atoms with E-state index in [0.29, 0.717) is 5.88 Å². The summed E-state index contributed by atoms with van der Waals surface area (Å²) in [4.78, 5) is 10.8. The molecule has 0 heterocycles. The number of carbonyl (C=O) groups excluding carboxylic acids is 1. The van der Waals surface area contributed by atoms with Gasteiger partial charge in [0, 0.05) is 18.3 Å². The molecule has 0 atom stereocenters. The van der Waals surface area contributed by atoms with Gasteiger partial charge in [-0.15, -0.1) is 11.6 Å². The van der Waals surface area contributed by atoms with Gasteiger partial charge in [-0.2, -0.15) is 0 Å². The molecule has 0 unspecified atom stereocenters. The van der Waals surface area contributed by atoms with Crippen LogP contribution in [0.15, 0.2) is 48.5 Å². The van der Waals surface area contributed by atoms with E-state index in [2.05, 4.69) is 18.2 Å². The number of aliphatic carboxylic acids is 1. The highest BCUT2D eigenvalue weighted by Crippen LogP contribution is 2.34. The molecular weight excluding hydrogens is 296 g/mol. The number of rotatable bonds is 3. The van der Waals surface area contributed by atoms with Crippen molar-refractivity contribution in [3.63, 3.8) is 0 Å². The minimum atomic E-state index is -1.08. The van der Waals surface area contributed by atoms with Crippen LogP contribution in [0.3, 0.4) is 0 Å². The summed E-state index contributed by atoms with van der Waals surface area (Å²) in [5, 5.41) is 10.8. The smallest absolute Gasteiger partial charge is 0.0458 e. The number of hydrogen-bond donors (Lipinski definition) is 0. The molecule has 3 rings (SSSR count). The number of carboxylic acid groups (broad SMARTS) is 1. The lowest BCUT2D eigenvalue weighted by Crippen LogP contribution is -2.24. The maximum absolute atomic E-state index is 10.8. The molecule has 0 amide bonds. The maximum atomic E-state index is 10.8. The van der Waals surface area contributed by atoms with Gasteiger partial charge in [0.2, 0.25) is 0 Å². The Morgan fingerprint density at radius 2 is 1.77 bits per heavy atom. The first-order valence-corrected chi connectivity index (χ1v) is 7.59. The normalized spacial score (nSPS) is 14.3. The number of hydrogen-bond acceptors (Lipinski definition) is 2. The topological polar surface area (TPSA) is 40.1 Å². The lowest BCUT2D eigenvalue weighted by Gasteiger charge is -2.13. The Morgan fingerprint density at radius 1 is 1.05 bits per heavy atom. The second-order valence-electron chi connectivity index (χ2n) is 5.16. The number of halogens is 1. The molecule has 1 aliphatic carbocycles. The van der Waals surface area contributed by atoms with Crippen LogP contribution in [-0.2, 0) is 11.2 Å². The number of carboxylic acids is 1. The quantitative estimate of drug-likeness (QED) is 0.697. The predicted molar refractivity (Wildman–Crippen MR) is 88.3 cm³/mol. The van der Waals surface area contributed by atoms with Gasteiger partial charge in [0.1, 0.15) is 0 Å². The molecule has 3 heteroatoms. The Balaban J connectivity index is 2.20. The monoisotopic (exact) mass is 309 g/mol. The Bertz CT molecular complexity index is 788. The molecule has 110 valence electrons. The van der Waals surface area contributed by atoms with Gasteiger partial charge >= 0.3 is 0 Å². The number of carbonyl (C=O) groups is 1. The van der Waals surface area contributed by atoms with Gasteiger partial charge in [0.15, 0.2) is 0 Å². The van der Waals surface area contributed by atoms with Crippen molar-refractivity contribution in [2.75, 3.05) is 5.88 Å². The largest absolute Gasteiger partial charge is 0.550 e. The van der Waals surface area contributed by atoms with Crippen LogP contribution in [-0.4, -0.2) is 11.8 Å². The molecule has 0 fully saturated rings. The molecule has 1 aliphatic rings. The summed E-state index contributed by atoms with van der Waals surface area (Å²) in [6, 6.07) is 13.8. The van der Waals surface area contributed by atoms with Crippen LogP contribution in [0, 0.1) is 0 Å². The minimum Gasteiger partial charge on any atom is -0.550 e. The maximum Gasteiger partial charge on any atom is 0.0458 e. The molecule has 2 aromatic carbocycles. The van der Waals surface area contributed by atoms with E-state index in [4.69, 9.17) is 11.6 Å². The van der Waals surface area contributed by atoms with Gasteiger partial charge in [-0.25, -0.2) is 0 Å². The number of benzene rings is 2. The molecule has 0 spiro atoms. The zero-order chi connectivity index (χ0) is 15.5. The third kappa shape index (κ3) is 2.83. The van der Waals surface area contributed by atoms with Crippen molar-refractivity contribution >= 4 is 35.3 Å². The molecule has 0 radical (unpaired) electrons. The Kier molecular flexibility index (Phi) is 4.12. The summed E-state index contributed by atoms with van der Waals surface area (Å²) < 4.78 is 0. The van der Waals surface area contributed by atoms with Gasteiger partial charge in [-0.3, -0.25) is 0 Å². The third-order valence-electron chi connectivity index (χ3n) is 3.73. The van der Waals surface area contributed by atoms with E-state index in [-0.39, 0.29) is 6.42 Å². The molecule has 0 saturated carbocycles. The standard InChI is InChI=1S/C19H15ClO2/c20-10-9-17-16-4-2-1-3-14(16)7-8-15-6-5-13(11-18(15)17)12-19(21)22/h1-9,11H,10,12H2,(H,21,22)/p-1/b17-9+. The zero-order valence-electron chi connectivity index (χ0n) is 11.9. The fraction of sp³-hybridized carbons (Fsp3) is 0.105. The first-order chi connectivity index (χ1) is 10.7. The zero-order valence-corrected chi connectivity index (χ0v) is 12.6. The second-order valence-corrected chi connectivity index (χ2v) is 5.47. The van der Waals surface area contributed by atoms with Crippen LogP contribution >= 0.6 is 11.6 Å². The summed E-state index contributed by atoms with van der Waals surface area (Å²) in [7, 11) is 0. The van der Waals surface area contributed by atoms with Crippen molar-refractivity contribution in [1.29, 1.82) is 0 Å². The molecule has 0 bridgehead atoms. The second kappa shape index (κ2) is 6.20. The summed E-state index contributed by atoms with van der Waals surface area (Å²) in [5.74, 6) is -0.680. The Hall–Kier alpha value is -2.32.